The minimum Gasteiger partial charge on any atom is -0.506 e. The summed E-state index contributed by atoms with van der Waals surface area (Å²) in [5.41, 5.74) is 12.1. The predicted octanol–water partition coefficient (Wildman–Crippen LogP) is 10.2. The molecule has 10 aromatic carbocycles. The van der Waals surface area contributed by atoms with Gasteiger partial charge in [-0.15, -0.1) is 75.0 Å². The van der Waals surface area contributed by atoms with Gasteiger partial charge in [0.25, 0.3) is 0 Å². The zero-order valence-corrected chi connectivity index (χ0v) is 57.6. The van der Waals surface area contributed by atoms with Crippen molar-refractivity contribution >= 4 is 78.7 Å². The third-order valence-electron chi connectivity index (χ3n) is 17.6. The number of carbonyl (C=O) groups excluding carboxylic acids is 2. The van der Waals surface area contributed by atoms with E-state index in [9.17, 15) is 30.0 Å². The summed E-state index contributed by atoms with van der Waals surface area (Å²) in [6.45, 7) is 3.84. The molecule has 19 rings (SSSR count). The van der Waals surface area contributed by atoms with Gasteiger partial charge in [-0.1, -0.05) is 91.0 Å². The highest BCUT2D eigenvalue weighted by molar-refractivity contribution is 5.86. The lowest BCUT2D eigenvalue weighted by Crippen LogP contribution is -2.16. The molecule has 0 aliphatic carbocycles. The summed E-state index contributed by atoms with van der Waals surface area (Å²) >= 11 is 0. The Morgan fingerprint density at radius 1 is 0.358 bits per heavy atom. The molecule has 4 atom stereocenters. The lowest BCUT2D eigenvalue weighted by Gasteiger charge is -2.18. The number of ether oxygens (including phenoxy) is 9. The highest BCUT2D eigenvalue weighted by Crippen LogP contribution is 2.45. The van der Waals surface area contributed by atoms with E-state index in [1.165, 1.54) is 30.0 Å². The van der Waals surface area contributed by atoms with Crippen LogP contribution in [0.5, 0.6) is 40.2 Å². The monoisotopic (exact) mass is 1470 g/mol. The van der Waals surface area contributed by atoms with Crippen LogP contribution in [-0.2, 0) is 41.3 Å². The van der Waals surface area contributed by atoms with Gasteiger partial charge in [0.2, 0.25) is 0 Å². The maximum Gasteiger partial charge on any atom is 0.411 e. The van der Waals surface area contributed by atoms with Gasteiger partial charge < -0.3 is 63.1 Å². The van der Waals surface area contributed by atoms with Gasteiger partial charge in [0, 0.05) is 29.9 Å². The summed E-state index contributed by atoms with van der Waals surface area (Å²) in [4.78, 5) is 30.8. The van der Waals surface area contributed by atoms with Gasteiger partial charge in [0.05, 0.1) is 33.0 Å². The number of anilines is 2. The first-order valence-electron chi connectivity index (χ1n) is 34.7. The van der Waals surface area contributed by atoms with Crippen LogP contribution in [0, 0.1) is 0 Å². The minimum absolute atomic E-state index is 0.00239. The fourth-order valence-corrected chi connectivity index (χ4v) is 11.6. The second kappa shape index (κ2) is 30.0. The highest BCUT2D eigenvalue weighted by Gasteiger charge is 2.33. The van der Waals surface area contributed by atoms with Gasteiger partial charge in [-0.2, -0.15) is 0 Å². The molecule has 4 unspecified atom stereocenters. The molecule has 0 radical (unpaired) electrons. The van der Waals surface area contributed by atoms with Crippen molar-refractivity contribution in [2.75, 3.05) is 70.1 Å². The van der Waals surface area contributed by atoms with E-state index >= 15 is 0 Å². The van der Waals surface area contributed by atoms with Crippen LogP contribution in [0.15, 0.2) is 200 Å². The number of fused-ring (bicyclic) bond motifs is 5. The number of aromatic nitrogens is 15. The molecule has 0 spiro atoms. The first kappa shape index (κ1) is 68.3. The fourth-order valence-electron chi connectivity index (χ4n) is 11.6. The summed E-state index contributed by atoms with van der Waals surface area (Å²) < 4.78 is 49.2. The number of hydrogen-bond acceptors (Lipinski definition) is 25. The molecule has 32 nitrogen and oxygen atoms in total. The zero-order valence-electron chi connectivity index (χ0n) is 57.6. The van der Waals surface area contributed by atoms with E-state index in [2.05, 4.69) is 61.6 Å². The molecule has 0 bridgehead atoms. The second-order valence-corrected chi connectivity index (χ2v) is 25.6. The van der Waals surface area contributed by atoms with Crippen LogP contribution in [0.4, 0.5) is 21.0 Å². The van der Waals surface area contributed by atoms with Crippen molar-refractivity contribution in [3.05, 3.63) is 217 Å². The Hall–Kier alpha value is -13.8. The number of nitrogens with one attached hydrogen (secondary N) is 2. The lowest BCUT2D eigenvalue weighted by molar-refractivity contribution is 0.150. The molecule has 109 heavy (non-hydrogen) atoms. The van der Waals surface area contributed by atoms with E-state index in [0.29, 0.717) is 125 Å². The Morgan fingerprint density at radius 3 is 1.04 bits per heavy atom. The van der Waals surface area contributed by atoms with Crippen LogP contribution in [0.3, 0.4) is 0 Å². The summed E-state index contributed by atoms with van der Waals surface area (Å²) in [7, 11) is 0. The number of aromatic hydroxyl groups is 4. The molecular formula is C77H65N17O15. The summed E-state index contributed by atoms with van der Waals surface area (Å²) in [5, 5.41) is 94.1. The number of amides is 2. The molecule has 4 fully saturated rings. The average Bonchev–Trinajstić information content (AvgIpc) is 1.71. The van der Waals surface area contributed by atoms with Crippen molar-refractivity contribution in [3.8, 4) is 68.7 Å². The van der Waals surface area contributed by atoms with E-state index in [1.54, 1.807) is 36.4 Å². The average molecular weight is 1470 g/mol. The van der Waals surface area contributed by atoms with Gasteiger partial charge in [0.15, 0.2) is 57.2 Å². The van der Waals surface area contributed by atoms with Crippen LogP contribution < -0.4 is 24.8 Å². The Labute approximate surface area is 616 Å². The second-order valence-electron chi connectivity index (χ2n) is 25.6. The minimum atomic E-state index is -0.557. The number of phenolic OH excluding ortho intramolecular Hbond substituents is 4. The summed E-state index contributed by atoms with van der Waals surface area (Å²) in [5.74, 6) is 0.239. The molecule has 4 aliphatic heterocycles. The summed E-state index contributed by atoms with van der Waals surface area (Å²) in [6, 6.07) is 60.2. The number of epoxide rings is 4. The molecular weight excluding hydrogens is 1400 g/mol. The van der Waals surface area contributed by atoms with E-state index < -0.39 is 12.2 Å². The third kappa shape index (κ3) is 15.9. The smallest absolute Gasteiger partial charge is 0.411 e. The topological polar surface area (TPSA) is 389 Å². The molecule has 548 valence electrons. The molecule has 15 aromatic rings. The van der Waals surface area contributed by atoms with Gasteiger partial charge in [-0.3, -0.25) is 10.6 Å². The molecule has 4 aliphatic rings. The van der Waals surface area contributed by atoms with Crippen molar-refractivity contribution in [3.63, 3.8) is 0 Å². The Balaban J connectivity index is 0.000000121. The van der Waals surface area contributed by atoms with Gasteiger partial charge in [0.1, 0.15) is 117 Å². The van der Waals surface area contributed by atoms with Gasteiger partial charge >= 0.3 is 12.2 Å². The normalized spacial score (nSPS) is 15.9. The predicted molar refractivity (Wildman–Crippen MR) is 393 cm³/mol. The number of carbonyl (C=O) groups is 2. The Kier molecular flexibility index (Phi) is 18.8. The molecule has 0 saturated carbocycles. The first-order chi connectivity index (χ1) is 53.4. The molecule has 9 heterocycles. The zero-order chi connectivity index (χ0) is 73.9. The Morgan fingerprint density at radius 2 is 0.670 bits per heavy atom. The van der Waals surface area contributed by atoms with E-state index in [1.807, 2.05) is 158 Å². The van der Waals surface area contributed by atoms with Crippen LogP contribution >= 0.6 is 0 Å². The molecule has 2 amide bonds. The van der Waals surface area contributed by atoms with Crippen LogP contribution in [0.1, 0.15) is 16.7 Å². The quantitative estimate of drug-likeness (QED) is 0.0324. The molecule has 32 heteroatoms. The molecule has 6 N–H and O–H groups in total. The van der Waals surface area contributed by atoms with E-state index in [-0.39, 0.29) is 95.7 Å². The fraction of sp³-hybridized carbons (Fsp3) is 0.195. The van der Waals surface area contributed by atoms with Crippen LogP contribution in [0.2, 0.25) is 0 Å². The SMILES string of the molecule is O=C(Nc1ccc(Cc2ccc(NC(=O)OCC3CO3)cc2)cc1)OCCc1ccc(O)c(-n2nc3ccccc3n2)c1.Oc1c(-n2nc3ccccc3n2)c(OCC2CO2)cc(OCC2CO2)c1-n1nc2ccccc2n1.Oc1cc(OCC2CO2)c(-n2nc3ccccc3n2)c(O)c1-n1nc2ccccc2n1. The van der Waals surface area contributed by atoms with E-state index in [0.717, 1.165) is 27.7 Å². The molecule has 5 aromatic heterocycles. The number of phenols is 4. The first-order valence-corrected chi connectivity index (χ1v) is 34.7. The maximum atomic E-state index is 12.4. The number of benzene rings is 10. The standard InChI is InChI=1S/C32H29N5O6.C24H20N6O5.C21H16N6O4/c38-30-14-9-23(18-29(30)37-35-27-3-1-2-4-28(27)36-37)15-16-41-31(39)33-24-10-5-21(6-11-24)17-22-7-12-25(13-8-22)34-32(40)43-20-26-19-42-26;31-24-22(29-25-16-5-1-2-6-17(16)26-29)20(34-12-14-10-32-14)9-21(35-13-15-11-33-15)23(24)30-27-18-7-3-4-8-19(18)28-30;28-17-9-18(31-11-12-10-30-12)20(27-24-15-7-3-4-8-16(15)25-27)21(29)19(17)26-22-13-5-1-2-6-14(13)23-26/h1-14,18,26,38H,15-17,19-20H2,(H,33,39)(H,34,40);1-9,14-15,31H,10-13H2;1-9,12,28-29H,10-11H2. The van der Waals surface area contributed by atoms with Crippen molar-refractivity contribution in [2.24, 2.45) is 0 Å². The largest absolute Gasteiger partial charge is 0.506 e. The van der Waals surface area contributed by atoms with Gasteiger partial charge in [-0.25, -0.2) is 9.59 Å². The Bertz CT molecular complexity index is 5570. The van der Waals surface area contributed by atoms with Crippen LogP contribution in [0.25, 0.3) is 83.6 Å². The number of hydrogen-bond donors (Lipinski definition) is 6. The van der Waals surface area contributed by atoms with Crippen molar-refractivity contribution < 1.29 is 72.6 Å². The van der Waals surface area contributed by atoms with Crippen molar-refractivity contribution in [1.29, 1.82) is 0 Å². The van der Waals surface area contributed by atoms with E-state index in [4.69, 9.17) is 42.6 Å². The highest BCUT2D eigenvalue weighted by atomic mass is 16.6. The number of rotatable bonds is 23. The van der Waals surface area contributed by atoms with Crippen molar-refractivity contribution in [2.45, 2.75) is 37.3 Å². The molecule has 4 saturated heterocycles. The number of nitrogens with zero attached hydrogens (tertiary/aromatic N) is 15. The summed E-state index contributed by atoms with van der Waals surface area (Å²) in [6.07, 6.45) is 0.111. The van der Waals surface area contributed by atoms with Crippen LogP contribution in [-0.4, -0.2) is 191 Å². The third-order valence-corrected chi connectivity index (χ3v) is 17.6. The maximum absolute atomic E-state index is 12.4. The van der Waals surface area contributed by atoms with Gasteiger partial charge in [-0.05, 0) is 120 Å². The lowest BCUT2D eigenvalue weighted by atomic mass is 10.0. The van der Waals surface area contributed by atoms with Crippen molar-refractivity contribution in [1.82, 2.24) is 75.0 Å².